The molecule has 0 bridgehead atoms. The summed E-state index contributed by atoms with van der Waals surface area (Å²) < 4.78 is 5.48. The molecule has 410 valence electrons. The quantitative estimate of drug-likeness (QED) is 0.0321. The second kappa shape index (κ2) is 59.2. The van der Waals surface area contributed by atoms with Crippen LogP contribution in [0.15, 0.2) is 12.2 Å². The van der Waals surface area contributed by atoms with E-state index >= 15 is 0 Å². The van der Waals surface area contributed by atoms with Crippen molar-refractivity contribution in [1.29, 1.82) is 0 Å². The van der Waals surface area contributed by atoms with Crippen molar-refractivity contribution in [3.63, 3.8) is 0 Å². The third kappa shape index (κ3) is 55.8. The molecule has 2 unspecified atom stereocenters. The minimum atomic E-state index is -0.675. The first-order valence-corrected chi connectivity index (χ1v) is 31.4. The number of unbranched alkanes of at least 4 members (excludes halogenated alkanes) is 46. The molecule has 2 atom stereocenters. The Kier molecular flexibility index (Phi) is 58.0. The van der Waals surface area contributed by atoms with Crippen molar-refractivity contribution >= 4 is 11.9 Å². The van der Waals surface area contributed by atoms with E-state index in [-0.39, 0.29) is 18.5 Å². The van der Waals surface area contributed by atoms with E-state index < -0.39 is 12.1 Å². The zero-order valence-electron chi connectivity index (χ0n) is 46.8. The van der Waals surface area contributed by atoms with E-state index in [2.05, 4.69) is 31.3 Å². The van der Waals surface area contributed by atoms with Gasteiger partial charge in [-0.25, -0.2) is 0 Å². The number of aliphatic hydroxyl groups excluding tert-OH is 2. The number of carbonyl (C=O) groups excluding carboxylic acids is 2. The summed E-state index contributed by atoms with van der Waals surface area (Å²) in [7, 11) is 0. The van der Waals surface area contributed by atoms with E-state index in [1.54, 1.807) is 0 Å². The number of nitrogens with one attached hydrogen (secondary N) is 1. The number of carbonyl (C=O) groups is 2. The van der Waals surface area contributed by atoms with Crippen molar-refractivity contribution < 1.29 is 24.5 Å². The van der Waals surface area contributed by atoms with Gasteiger partial charge in [0.2, 0.25) is 5.91 Å². The van der Waals surface area contributed by atoms with Crippen molar-refractivity contribution in [2.24, 2.45) is 0 Å². The Morgan fingerprint density at radius 3 is 1.03 bits per heavy atom. The molecule has 0 aliphatic rings. The van der Waals surface area contributed by atoms with Gasteiger partial charge in [-0.3, -0.25) is 9.59 Å². The van der Waals surface area contributed by atoms with Crippen LogP contribution in [0.4, 0.5) is 0 Å². The molecule has 0 aliphatic heterocycles. The van der Waals surface area contributed by atoms with Gasteiger partial charge >= 0.3 is 5.97 Å². The first-order chi connectivity index (χ1) is 34.0. The molecule has 0 aromatic heterocycles. The molecule has 69 heavy (non-hydrogen) atoms. The Labute approximate surface area is 431 Å². The highest BCUT2D eigenvalue weighted by Crippen LogP contribution is 2.18. The molecule has 0 heterocycles. The Bertz CT molecular complexity index is 1030. The molecule has 0 rings (SSSR count). The summed E-state index contributed by atoms with van der Waals surface area (Å²) in [5.41, 5.74) is 0. The molecular formula is C63H123NO5. The molecule has 3 N–H and O–H groups in total. The van der Waals surface area contributed by atoms with Gasteiger partial charge in [0.15, 0.2) is 0 Å². The highest BCUT2D eigenvalue weighted by Gasteiger charge is 2.20. The fourth-order valence-electron chi connectivity index (χ4n) is 9.99. The summed E-state index contributed by atoms with van der Waals surface area (Å²) in [6.07, 6.45) is 70.7. The van der Waals surface area contributed by atoms with Crippen molar-refractivity contribution in [2.45, 2.75) is 366 Å². The van der Waals surface area contributed by atoms with Gasteiger partial charge in [0, 0.05) is 12.8 Å². The molecule has 0 spiro atoms. The average Bonchev–Trinajstić information content (AvgIpc) is 3.35. The smallest absolute Gasteiger partial charge is 0.305 e. The normalized spacial score (nSPS) is 12.6. The van der Waals surface area contributed by atoms with Crippen molar-refractivity contribution in [3.05, 3.63) is 12.2 Å². The summed E-state index contributed by atoms with van der Waals surface area (Å²) in [4.78, 5) is 24.6. The monoisotopic (exact) mass is 974 g/mol. The molecule has 6 nitrogen and oxygen atoms in total. The molecule has 0 radical (unpaired) electrons. The molecule has 1 amide bonds. The van der Waals surface area contributed by atoms with Crippen LogP contribution in [-0.4, -0.2) is 47.4 Å². The second-order valence-corrected chi connectivity index (χ2v) is 21.7. The predicted molar refractivity (Wildman–Crippen MR) is 301 cm³/mol. The number of esters is 1. The molecule has 0 aliphatic carbocycles. The zero-order valence-corrected chi connectivity index (χ0v) is 46.8. The standard InChI is InChI=1S/C63H123NO5/c1-3-5-7-9-11-13-15-17-19-20-21-22-23-24-28-31-35-39-43-47-51-55-61(66)60(59-65)64-62(67)56-52-48-44-40-36-32-29-25-26-30-34-38-42-46-50-54-58-69-63(68)57-53-49-45-41-37-33-27-18-16-14-12-10-8-6-4-2/h25,29,60-61,65-66H,3-24,26-28,30-59H2,1-2H3,(H,64,67)/b29-25-. The van der Waals surface area contributed by atoms with Gasteiger partial charge in [0.25, 0.3) is 0 Å². The van der Waals surface area contributed by atoms with E-state index in [4.69, 9.17) is 4.74 Å². The van der Waals surface area contributed by atoms with E-state index in [0.717, 1.165) is 64.2 Å². The summed E-state index contributed by atoms with van der Waals surface area (Å²) in [6, 6.07) is -0.554. The first kappa shape index (κ1) is 67.6. The van der Waals surface area contributed by atoms with Crippen LogP contribution in [-0.2, 0) is 14.3 Å². The van der Waals surface area contributed by atoms with Gasteiger partial charge in [-0.2, -0.15) is 0 Å². The van der Waals surface area contributed by atoms with Gasteiger partial charge in [-0.15, -0.1) is 0 Å². The predicted octanol–water partition coefficient (Wildman–Crippen LogP) is 19.6. The summed E-state index contributed by atoms with van der Waals surface area (Å²) in [5, 5.41) is 23.4. The Balaban J connectivity index is 3.45. The number of aliphatic hydroxyl groups is 2. The van der Waals surface area contributed by atoms with Gasteiger partial charge < -0.3 is 20.3 Å². The summed E-state index contributed by atoms with van der Waals surface area (Å²) >= 11 is 0. The van der Waals surface area contributed by atoms with Gasteiger partial charge in [0.05, 0.1) is 25.4 Å². The van der Waals surface area contributed by atoms with Crippen LogP contribution in [0.25, 0.3) is 0 Å². The van der Waals surface area contributed by atoms with Gasteiger partial charge in [-0.1, -0.05) is 302 Å². The lowest BCUT2D eigenvalue weighted by Crippen LogP contribution is -2.45. The molecule has 6 heteroatoms. The summed E-state index contributed by atoms with van der Waals surface area (Å²) in [6.45, 7) is 4.96. The minimum Gasteiger partial charge on any atom is -0.466 e. The Morgan fingerprint density at radius 1 is 0.391 bits per heavy atom. The van der Waals surface area contributed by atoms with Crippen LogP contribution in [0.1, 0.15) is 354 Å². The first-order valence-electron chi connectivity index (χ1n) is 31.4. The maximum atomic E-state index is 12.5. The largest absolute Gasteiger partial charge is 0.466 e. The highest BCUT2D eigenvalue weighted by molar-refractivity contribution is 5.76. The van der Waals surface area contributed by atoms with Gasteiger partial charge in [-0.05, 0) is 51.4 Å². The van der Waals surface area contributed by atoms with E-state index in [1.165, 1.54) is 257 Å². The highest BCUT2D eigenvalue weighted by atomic mass is 16.5. The lowest BCUT2D eigenvalue weighted by molar-refractivity contribution is -0.143. The van der Waals surface area contributed by atoms with Crippen molar-refractivity contribution in [1.82, 2.24) is 5.32 Å². The second-order valence-electron chi connectivity index (χ2n) is 21.7. The number of rotatable bonds is 59. The van der Waals surface area contributed by atoms with Gasteiger partial charge in [0.1, 0.15) is 0 Å². The molecular weight excluding hydrogens is 851 g/mol. The summed E-state index contributed by atoms with van der Waals surface area (Å²) in [5.74, 6) is -0.0468. The van der Waals surface area contributed by atoms with Crippen molar-refractivity contribution in [3.8, 4) is 0 Å². The molecule has 0 aromatic carbocycles. The number of allylic oxidation sites excluding steroid dienone is 2. The maximum Gasteiger partial charge on any atom is 0.305 e. The third-order valence-corrected chi connectivity index (χ3v) is 14.8. The van der Waals surface area contributed by atoms with Crippen LogP contribution in [0.2, 0.25) is 0 Å². The van der Waals surface area contributed by atoms with Crippen LogP contribution >= 0.6 is 0 Å². The minimum absolute atomic E-state index is 0.00116. The fraction of sp³-hybridized carbons (Fsp3) is 0.937. The van der Waals surface area contributed by atoms with E-state index in [1.807, 2.05) is 0 Å². The molecule has 0 fully saturated rings. The number of hydrogen-bond acceptors (Lipinski definition) is 5. The number of hydrogen-bond donors (Lipinski definition) is 3. The van der Waals surface area contributed by atoms with Crippen molar-refractivity contribution in [2.75, 3.05) is 13.2 Å². The third-order valence-electron chi connectivity index (χ3n) is 14.8. The van der Waals surface area contributed by atoms with Crippen LogP contribution in [0.3, 0.4) is 0 Å². The van der Waals surface area contributed by atoms with Crippen LogP contribution in [0.5, 0.6) is 0 Å². The topological polar surface area (TPSA) is 95.9 Å². The van der Waals surface area contributed by atoms with E-state index in [0.29, 0.717) is 25.9 Å². The van der Waals surface area contributed by atoms with Crippen LogP contribution in [0, 0.1) is 0 Å². The van der Waals surface area contributed by atoms with E-state index in [9.17, 15) is 19.8 Å². The average molecular weight is 975 g/mol. The molecule has 0 saturated heterocycles. The number of ether oxygens (including phenoxy) is 1. The SMILES string of the molecule is CCCCCCCCCCCCCCCCCCCCCCCC(O)C(CO)NC(=O)CCCCCCC/C=C\CCCCCCCCCOC(=O)CCCCCCCCCCCCCCCCC. The Morgan fingerprint density at radius 2 is 0.681 bits per heavy atom. The lowest BCUT2D eigenvalue weighted by atomic mass is 10.0. The molecule has 0 aromatic rings. The number of amides is 1. The maximum absolute atomic E-state index is 12.5. The Hall–Kier alpha value is -1.40. The van der Waals surface area contributed by atoms with Crippen LogP contribution < -0.4 is 5.32 Å². The zero-order chi connectivity index (χ0) is 50.0. The molecule has 0 saturated carbocycles. The lowest BCUT2D eigenvalue weighted by Gasteiger charge is -2.22. The fourth-order valence-corrected chi connectivity index (χ4v) is 9.99.